The molecule has 0 aromatic heterocycles. The third-order valence-electron chi connectivity index (χ3n) is 6.50. The number of anilines is 1. The average Bonchev–Trinajstić information content (AvgIpc) is 2.93. The van der Waals surface area contributed by atoms with Crippen molar-refractivity contribution in [2.45, 2.75) is 51.4 Å². The molecule has 42 heavy (non-hydrogen) atoms. The van der Waals surface area contributed by atoms with Gasteiger partial charge in [0.2, 0.25) is 11.8 Å². The Kier molecular flexibility index (Phi) is 10.4. The predicted octanol–water partition coefficient (Wildman–Crippen LogP) is 5.54. The van der Waals surface area contributed by atoms with Crippen LogP contribution in [0.3, 0.4) is 0 Å². The number of aryl methyl sites for hydroxylation is 1. The van der Waals surface area contributed by atoms with Crippen LogP contribution in [-0.2, 0) is 32.3 Å². The van der Waals surface area contributed by atoms with Crippen molar-refractivity contribution in [2.75, 3.05) is 17.4 Å². The molecule has 12 heteroatoms. The van der Waals surface area contributed by atoms with Gasteiger partial charge in [-0.3, -0.25) is 13.9 Å². The molecule has 0 saturated heterocycles. The third kappa shape index (κ3) is 8.09. The Hall–Kier alpha value is -3.93. The third-order valence-corrected chi connectivity index (χ3v) is 8.29. The van der Waals surface area contributed by atoms with Gasteiger partial charge in [0.05, 0.1) is 16.1 Å². The van der Waals surface area contributed by atoms with Gasteiger partial charge in [-0.25, -0.2) is 12.8 Å². The molecular formula is C30H33F4N3O4S. The van der Waals surface area contributed by atoms with Crippen molar-refractivity contribution in [3.63, 3.8) is 0 Å². The molecule has 2 amide bonds. The van der Waals surface area contributed by atoms with Crippen molar-refractivity contribution in [3.8, 4) is 0 Å². The summed E-state index contributed by atoms with van der Waals surface area (Å²) in [6.45, 7) is 5.85. The molecule has 1 unspecified atom stereocenters. The number of benzene rings is 3. The predicted molar refractivity (Wildman–Crippen MR) is 151 cm³/mol. The van der Waals surface area contributed by atoms with E-state index in [-0.39, 0.29) is 22.9 Å². The largest absolute Gasteiger partial charge is 0.416 e. The van der Waals surface area contributed by atoms with Gasteiger partial charge in [-0.1, -0.05) is 55.8 Å². The van der Waals surface area contributed by atoms with Crippen LogP contribution in [0, 0.1) is 18.7 Å². The Morgan fingerprint density at radius 3 is 2.17 bits per heavy atom. The van der Waals surface area contributed by atoms with Crippen LogP contribution < -0.4 is 9.62 Å². The zero-order valence-corrected chi connectivity index (χ0v) is 24.5. The highest BCUT2D eigenvalue weighted by molar-refractivity contribution is 7.92. The molecule has 0 radical (unpaired) electrons. The van der Waals surface area contributed by atoms with Crippen molar-refractivity contribution in [2.24, 2.45) is 5.92 Å². The van der Waals surface area contributed by atoms with Crippen molar-refractivity contribution >= 4 is 27.5 Å². The summed E-state index contributed by atoms with van der Waals surface area (Å²) in [5, 5.41) is 2.70. The second kappa shape index (κ2) is 13.4. The second-order valence-electron chi connectivity index (χ2n) is 10.3. The number of carbonyl (C=O) groups excluding carboxylic acids is 2. The molecule has 0 heterocycles. The standard InChI is InChI=1S/C30H33F4N3O4S/c1-20(2)17-35-29(39)22(4)36(18-23-8-5-6-11-27(23)31)28(38)19-37(25-10-7-9-24(16-25)30(32,33)34)42(40,41)26-14-12-21(3)13-15-26/h5-16,20,22H,17-19H2,1-4H3,(H,35,39). The normalized spacial score (nSPS) is 12.6. The molecule has 1 N–H and O–H groups in total. The summed E-state index contributed by atoms with van der Waals surface area (Å²) in [4.78, 5) is 27.6. The molecule has 1 atom stereocenters. The van der Waals surface area contributed by atoms with Gasteiger partial charge in [-0.2, -0.15) is 13.2 Å². The number of alkyl halides is 3. The first kappa shape index (κ1) is 32.6. The van der Waals surface area contributed by atoms with Crippen molar-refractivity contribution in [1.82, 2.24) is 10.2 Å². The summed E-state index contributed by atoms with van der Waals surface area (Å²) in [7, 11) is -4.57. The summed E-state index contributed by atoms with van der Waals surface area (Å²) in [5.41, 5.74) is -0.697. The van der Waals surface area contributed by atoms with E-state index >= 15 is 0 Å². The fourth-order valence-electron chi connectivity index (χ4n) is 4.05. The molecular weight excluding hydrogens is 574 g/mol. The summed E-state index contributed by atoms with van der Waals surface area (Å²) < 4.78 is 83.5. The maximum absolute atomic E-state index is 14.6. The lowest BCUT2D eigenvalue weighted by atomic mass is 10.1. The highest BCUT2D eigenvalue weighted by Crippen LogP contribution is 2.33. The van der Waals surface area contributed by atoms with E-state index in [1.807, 2.05) is 13.8 Å². The highest BCUT2D eigenvalue weighted by atomic mass is 32.2. The van der Waals surface area contributed by atoms with E-state index in [1.54, 1.807) is 13.0 Å². The van der Waals surface area contributed by atoms with E-state index < -0.39 is 57.7 Å². The maximum atomic E-state index is 14.6. The van der Waals surface area contributed by atoms with E-state index in [1.165, 1.54) is 49.4 Å². The smallest absolute Gasteiger partial charge is 0.354 e. The molecule has 3 aromatic rings. The van der Waals surface area contributed by atoms with E-state index in [0.717, 1.165) is 28.7 Å². The summed E-state index contributed by atoms with van der Waals surface area (Å²) in [5.74, 6) is -2.03. The van der Waals surface area contributed by atoms with Gasteiger partial charge < -0.3 is 10.2 Å². The average molecular weight is 608 g/mol. The number of nitrogens with zero attached hydrogens (tertiary/aromatic N) is 2. The Labute approximate surface area is 243 Å². The van der Waals surface area contributed by atoms with E-state index in [4.69, 9.17) is 0 Å². The Bertz CT molecular complexity index is 1510. The van der Waals surface area contributed by atoms with Gasteiger partial charge in [-0.05, 0) is 56.2 Å². The first-order valence-electron chi connectivity index (χ1n) is 13.2. The quantitative estimate of drug-likeness (QED) is 0.290. The van der Waals surface area contributed by atoms with E-state index in [9.17, 15) is 35.6 Å². The van der Waals surface area contributed by atoms with Gasteiger partial charge in [0.25, 0.3) is 10.0 Å². The number of nitrogens with one attached hydrogen (secondary N) is 1. The lowest BCUT2D eigenvalue weighted by Gasteiger charge is -2.32. The van der Waals surface area contributed by atoms with Crippen molar-refractivity contribution < 1.29 is 35.6 Å². The second-order valence-corrected chi connectivity index (χ2v) is 12.2. The van der Waals surface area contributed by atoms with Crippen LogP contribution in [0.4, 0.5) is 23.2 Å². The van der Waals surface area contributed by atoms with Gasteiger partial charge in [0, 0.05) is 18.7 Å². The summed E-state index contributed by atoms with van der Waals surface area (Å²) in [6.07, 6.45) is -4.78. The molecule has 0 spiro atoms. The number of halogens is 4. The lowest BCUT2D eigenvalue weighted by molar-refractivity contribution is -0.139. The van der Waals surface area contributed by atoms with Crippen LogP contribution >= 0.6 is 0 Å². The van der Waals surface area contributed by atoms with E-state index in [0.29, 0.717) is 16.9 Å². The number of rotatable bonds is 11. The zero-order valence-electron chi connectivity index (χ0n) is 23.7. The highest BCUT2D eigenvalue weighted by Gasteiger charge is 2.35. The van der Waals surface area contributed by atoms with Gasteiger partial charge in [0.15, 0.2) is 0 Å². The molecule has 3 aromatic carbocycles. The van der Waals surface area contributed by atoms with Gasteiger partial charge in [-0.15, -0.1) is 0 Å². The minimum atomic E-state index is -4.78. The minimum Gasteiger partial charge on any atom is -0.354 e. The summed E-state index contributed by atoms with van der Waals surface area (Å²) in [6, 6.07) is 13.6. The number of carbonyl (C=O) groups is 2. The fraction of sp³-hybridized carbons (Fsp3) is 0.333. The van der Waals surface area contributed by atoms with Crippen molar-refractivity contribution in [3.05, 3.63) is 95.3 Å². The van der Waals surface area contributed by atoms with Gasteiger partial charge in [0.1, 0.15) is 18.4 Å². The molecule has 0 fully saturated rings. The summed E-state index contributed by atoms with van der Waals surface area (Å²) >= 11 is 0. The topological polar surface area (TPSA) is 86.8 Å². The molecule has 7 nitrogen and oxygen atoms in total. The van der Waals surface area contributed by atoms with E-state index in [2.05, 4.69) is 5.32 Å². The molecule has 0 aliphatic heterocycles. The SMILES string of the molecule is Cc1ccc(S(=O)(=O)N(CC(=O)N(Cc2ccccc2F)C(C)C(=O)NCC(C)C)c2cccc(C(F)(F)F)c2)cc1. The lowest BCUT2D eigenvalue weighted by Crippen LogP contribution is -2.51. The first-order valence-corrected chi connectivity index (χ1v) is 14.6. The van der Waals surface area contributed by atoms with Crippen LogP contribution in [0.5, 0.6) is 0 Å². The molecule has 0 saturated carbocycles. The Balaban J connectivity index is 2.09. The minimum absolute atomic E-state index is 0.0707. The number of amides is 2. The molecule has 0 bridgehead atoms. The Morgan fingerprint density at radius 1 is 0.929 bits per heavy atom. The van der Waals surface area contributed by atoms with Crippen LogP contribution in [-0.4, -0.2) is 44.3 Å². The number of sulfonamides is 1. The molecule has 226 valence electrons. The first-order chi connectivity index (χ1) is 19.6. The molecule has 0 aliphatic rings. The van der Waals surface area contributed by atoms with Crippen LogP contribution in [0.15, 0.2) is 77.7 Å². The van der Waals surface area contributed by atoms with Crippen LogP contribution in [0.2, 0.25) is 0 Å². The monoisotopic (exact) mass is 607 g/mol. The maximum Gasteiger partial charge on any atom is 0.416 e. The molecule has 0 aliphatic carbocycles. The van der Waals surface area contributed by atoms with Crippen LogP contribution in [0.1, 0.15) is 37.5 Å². The number of hydrogen-bond donors (Lipinski definition) is 1. The fourth-order valence-corrected chi connectivity index (χ4v) is 5.45. The number of hydrogen-bond acceptors (Lipinski definition) is 4. The van der Waals surface area contributed by atoms with Crippen LogP contribution in [0.25, 0.3) is 0 Å². The van der Waals surface area contributed by atoms with Gasteiger partial charge >= 0.3 is 6.18 Å². The Morgan fingerprint density at radius 2 is 1.57 bits per heavy atom. The zero-order chi connectivity index (χ0) is 31.2. The molecule has 3 rings (SSSR count). The van der Waals surface area contributed by atoms with Crippen molar-refractivity contribution in [1.29, 1.82) is 0 Å².